The van der Waals surface area contributed by atoms with E-state index in [1.54, 1.807) is 13.2 Å². The van der Waals surface area contributed by atoms with Crippen LogP contribution in [0.2, 0.25) is 5.02 Å². The van der Waals surface area contributed by atoms with Gasteiger partial charge in [-0.3, -0.25) is 0 Å². The maximum Gasteiger partial charge on any atom is 0.235 e. The smallest absolute Gasteiger partial charge is 0.235 e. The molecule has 0 aliphatic carbocycles. The number of benzene rings is 1. The lowest BCUT2D eigenvalue weighted by molar-refractivity contribution is 0.414. The molecule has 1 aromatic rings. The fourth-order valence-corrected chi connectivity index (χ4v) is 1.33. The zero-order chi connectivity index (χ0) is 10.6. The van der Waals surface area contributed by atoms with Crippen LogP contribution in [0.3, 0.4) is 0 Å². The van der Waals surface area contributed by atoms with Gasteiger partial charge in [-0.05, 0) is 30.2 Å². The molecule has 1 rings (SSSR count). The first-order chi connectivity index (χ1) is 6.69. The lowest BCUT2D eigenvalue weighted by Gasteiger charge is -2.07. The van der Waals surface area contributed by atoms with Crippen molar-refractivity contribution in [2.75, 3.05) is 7.11 Å². The van der Waals surface area contributed by atoms with Crippen molar-refractivity contribution >= 4 is 17.7 Å². The van der Waals surface area contributed by atoms with Crippen molar-refractivity contribution in [3.63, 3.8) is 0 Å². The van der Waals surface area contributed by atoms with Gasteiger partial charge in [-0.1, -0.05) is 11.6 Å². The van der Waals surface area contributed by atoms with E-state index in [0.29, 0.717) is 10.8 Å². The summed E-state index contributed by atoms with van der Waals surface area (Å²) in [6.45, 7) is 2.11. The van der Waals surface area contributed by atoms with Crippen molar-refractivity contribution in [2.24, 2.45) is 4.99 Å². The Morgan fingerprint density at radius 3 is 2.86 bits per heavy atom. The molecule has 0 aliphatic rings. The van der Waals surface area contributed by atoms with E-state index < -0.39 is 0 Å². The van der Waals surface area contributed by atoms with Crippen LogP contribution in [0.4, 0.5) is 0 Å². The van der Waals surface area contributed by atoms with Gasteiger partial charge in [-0.25, -0.2) is 9.79 Å². The summed E-state index contributed by atoms with van der Waals surface area (Å²) in [5.41, 5.74) is 1.67. The second-order valence-corrected chi connectivity index (χ2v) is 3.20. The fourth-order valence-electron chi connectivity index (χ4n) is 1.16. The Kier molecular flexibility index (Phi) is 3.69. The minimum atomic E-state index is 0.236. The molecule has 4 heteroatoms. The Hall–Kier alpha value is -1.31. The van der Waals surface area contributed by atoms with Crippen molar-refractivity contribution in [2.45, 2.75) is 13.5 Å². The third-order valence-corrected chi connectivity index (χ3v) is 2.39. The maximum absolute atomic E-state index is 9.96. The molecule has 14 heavy (non-hydrogen) atoms. The van der Waals surface area contributed by atoms with Gasteiger partial charge in [0.2, 0.25) is 6.08 Å². The first-order valence-electron chi connectivity index (χ1n) is 4.05. The highest BCUT2D eigenvalue weighted by atomic mass is 35.5. The summed E-state index contributed by atoms with van der Waals surface area (Å²) < 4.78 is 5.07. The molecule has 0 heterocycles. The molecule has 0 saturated carbocycles. The largest absolute Gasteiger partial charge is 0.497 e. The molecule has 0 fully saturated rings. The number of halogens is 1. The Balaban J connectivity index is 3.12. The van der Waals surface area contributed by atoms with Crippen LogP contribution in [0, 0.1) is 6.92 Å². The predicted octanol–water partition coefficient (Wildman–Crippen LogP) is 2.49. The maximum atomic E-state index is 9.96. The molecule has 0 atom stereocenters. The van der Waals surface area contributed by atoms with Crippen LogP contribution in [-0.4, -0.2) is 13.2 Å². The topological polar surface area (TPSA) is 38.7 Å². The fraction of sp³-hybridized carbons (Fsp3) is 0.300. The zero-order valence-electron chi connectivity index (χ0n) is 8.00. The second kappa shape index (κ2) is 4.80. The molecule has 0 radical (unpaired) electrons. The number of aliphatic imine (C=N–C) groups is 1. The number of hydrogen-bond donors (Lipinski definition) is 0. The van der Waals surface area contributed by atoms with E-state index >= 15 is 0 Å². The molecule has 0 amide bonds. The summed E-state index contributed by atoms with van der Waals surface area (Å²) in [6, 6.07) is 3.59. The minimum absolute atomic E-state index is 0.236. The zero-order valence-corrected chi connectivity index (χ0v) is 8.76. The van der Waals surface area contributed by atoms with Gasteiger partial charge in [0.25, 0.3) is 0 Å². The number of carbonyl (C=O) groups excluding carboxylic acids is 1. The molecule has 0 aliphatic heterocycles. The van der Waals surface area contributed by atoms with Crippen molar-refractivity contribution in [1.29, 1.82) is 0 Å². The van der Waals surface area contributed by atoms with Gasteiger partial charge >= 0.3 is 0 Å². The molecular weight excluding hydrogens is 202 g/mol. The monoisotopic (exact) mass is 211 g/mol. The summed E-state index contributed by atoms with van der Waals surface area (Å²) in [6.07, 6.45) is 1.48. The Morgan fingerprint density at radius 2 is 2.29 bits per heavy atom. The van der Waals surface area contributed by atoms with Crippen LogP contribution < -0.4 is 4.74 Å². The molecule has 0 N–H and O–H groups in total. The molecule has 0 unspecified atom stereocenters. The highest BCUT2D eigenvalue weighted by Gasteiger charge is 2.05. The molecular formula is C10H10ClNO2. The SMILES string of the molecule is COc1cc(C)c(Cl)c(CN=C=O)c1. The van der Waals surface area contributed by atoms with Crippen molar-refractivity contribution < 1.29 is 9.53 Å². The third kappa shape index (κ3) is 2.34. The number of isocyanates is 1. The van der Waals surface area contributed by atoms with E-state index in [4.69, 9.17) is 16.3 Å². The van der Waals surface area contributed by atoms with Gasteiger partial charge in [-0.2, -0.15) is 0 Å². The third-order valence-electron chi connectivity index (χ3n) is 1.85. The van der Waals surface area contributed by atoms with E-state index in [9.17, 15) is 4.79 Å². The number of ether oxygens (including phenoxy) is 1. The quantitative estimate of drug-likeness (QED) is 0.569. The summed E-state index contributed by atoms with van der Waals surface area (Å²) in [5.74, 6) is 0.711. The lowest BCUT2D eigenvalue weighted by Crippen LogP contribution is -1.90. The molecule has 0 aromatic heterocycles. The van der Waals surface area contributed by atoms with E-state index in [-0.39, 0.29) is 6.54 Å². The highest BCUT2D eigenvalue weighted by Crippen LogP contribution is 2.26. The van der Waals surface area contributed by atoms with E-state index in [1.807, 2.05) is 13.0 Å². The van der Waals surface area contributed by atoms with E-state index in [1.165, 1.54) is 6.08 Å². The Labute approximate surface area is 87.4 Å². The average molecular weight is 212 g/mol. The van der Waals surface area contributed by atoms with Crippen molar-refractivity contribution in [3.05, 3.63) is 28.3 Å². The van der Waals surface area contributed by atoms with Gasteiger partial charge in [0, 0.05) is 5.02 Å². The molecule has 1 aromatic carbocycles. The minimum Gasteiger partial charge on any atom is -0.497 e. The Morgan fingerprint density at radius 1 is 1.57 bits per heavy atom. The summed E-state index contributed by atoms with van der Waals surface area (Å²) in [4.78, 5) is 13.4. The van der Waals surface area contributed by atoms with Crippen molar-refractivity contribution in [3.8, 4) is 5.75 Å². The number of nitrogens with zero attached hydrogens (tertiary/aromatic N) is 1. The normalized spacial score (nSPS) is 9.36. The first-order valence-corrected chi connectivity index (χ1v) is 4.43. The van der Waals surface area contributed by atoms with Crippen LogP contribution >= 0.6 is 11.6 Å². The van der Waals surface area contributed by atoms with Crippen LogP contribution in [0.1, 0.15) is 11.1 Å². The van der Waals surface area contributed by atoms with Gasteiger partial charge < -0.3 is 4.74 Å². The first kappa shape index (κ1) is 10.8. The van der Waals surface area contributed by atoms with Gasteiger partial charge in [0.1, 0.15) is 5.75 Å². The molecule has 0 bridgehead atoms. The summed E-state index contributed by atoms with van der Waals surface area (Å²) in [5, 5.41) is 0.616. The number of aryl methyl sites for hydroxylation is 1. The molecule has 0 spiro atoms. The number of hydrogen-bond acceptors (Lipinski definition) is 3. The predicted molar refractivity (Wildman–Crippen MR) is 54.6 cm³/mol. The van der Waals surface area contributed by atoms with Gasteiger partial charge in [-0.15, -0.1) is 0 Å². The molecule has 3 nitrogen and oxygen atoms in total. The Bertz CT molecular complexity index is 384. The second-order valence-electron chi connectivity index (χ2n) is 2.82. The average Bonchev–Trinajstić information content (AvgIpc) is 2.20. The molecule has 0 saturated heterocycles. The van der Waals surface area contributed by atoms with Crippen LogP contribution in [0.5, 0.6) is 5.75 Å². The van der Waals surface area contributed by atoms with Crippen LogP contribution in [-0.2, 0) is 11.3 Å². The lowest BCUT2D eigenvalue weighted by atomic mass is 10.1. The number of methoxy groups -OCH3 is 1. The summed E-state index contributed by atoms with van der Waals surface area (Å²) >= 11 is 6.01. The van der Waals surface area contributed by atoms with Gasteiger partial charge in [0.15, 0.2) is 0 Å². The summed E-state index contributed by atoms with van der Waals surface area (Å²) in [7, 11) is 1.58. The highest BCUT2D eigenvalue weighted by molar-refractivity contribution is 6.32. The van der Waals surface area contributed by atoms with Gasteiger partial charge in [0.05, 0.1) is 13.7 Å². The van der Waals surface area contributed by atoms with Crippen molar-refractivity contribution in [1.82, 2.24) is 0 Å². The van der Waals surface area contributed by atoms with E-state index in [0.717, 1.165) is 11.1 Å². The van der Waals surface area contributed by atoms with E-state index in [2.05, 4.69) is 4.99 Å². The van der Waals surface area contributed by atoms with Crippen LogP contribution in [0.25, 0.3) is 0 Å². The molecule has 74 valence electrons. The number of rotatable bonds is 3. The standard InChI is InChI=1S/C10H10ClNO2/c1-7-3-9(14-2)4-8(10(7)11)5-12-6-13/h3-4H,5H2,1-2H3. The van der Waals surface area contributed by atoms with Crippen LogP contribution in [0.15, 0.2) is 17.1 Å².